The van der Waals surface area contributed by atoms with Gasteiger partial charge in [-0.15, -0.1) is 0 Å². The highest BCUT2D eigenvalue weighted by Gasteiger charge is 2.05. The van der Waals surface area contributed by atoms with Gasteiger partial charge < -0.3 is 10.1 Å². The van der Waals surface area contributed by atoms with Crippen molar-refractivity contribution in [1.82, 2.24) is 5.32 Å². The van der Waals surface area contributed by atoms with Gasteiger partial charge in [-0.05, 0) is 42.3 Å². The summed E-state index contributed by atoms with van der Waals surface area (Å²) in [5.74, 6) is 0.632. The largest absolute Gasteiger partial charge is 0.489 e. The Kier molecular flexibility index (Phi) is 5.81. The molecule has 2 rings (SSSR count). The van der Waals surface area contributed by atoms with Crippen molar-refractivity contribution in [2.45, 2.75) is 20.0 Å². The summed E-state index contributed by atoms with van der Waals surface area (Å²) in [5, 5.41) is 2.86. The van der Waals surface area contributed by atoms with E-state index in [1.54, 1.807) is 12.1 Å². The second kappa shape index (κ2) is 7.84. The fourth-order valence-corrected chi connectivity index (χ4v) is 2.08. The van der Waals surface area contributed by atoms with Crippen LogP contribution in [0.3, 0.4) is 0 Å². The number of nitrogens with one attached hydrogen (secondary N) is 1. The average Bonchev–Trinajstić information content (AvgIpc) is 2.52. The highest BCUT2D eigenvalue weighted by atomic mass is 79.9. The first-order valence-corrected chi connectivity index (χ1v) is 7.74. The minimum atomic E-state index is -0.0639. The van der Waals surface area contributed by atoms with E-state index in [-0.39, 0.29) is 5.91 Å². The van der Waals surface area contributed by atoms with E-state index >= 15 is 0 Å². The first-order chi connectivity index (χ1) is 10.2. The van der Waals surface area contributed by atoms with Crippen molar-refractivity contribution in [3.63, 3.8) is 0 Å². The number of carbonyl (C=O) groups excluding carboxylic acids is 1. The van der Waals surface area contributed by atoms with Crippen LogP contribution in [0.1, 0.15) is 29.3 Å². The van der Waals surface area contributed by atoms with Crippen molar-refractivity contribution in [3.05, 3.63) is 64.1 Å². The molecule has 0 heterocycles. The predicted molar refractivity (Wildman–Crippen MR) is 87.5 cm³/mol. The molecule has 0 aliphatic heterocycles. The van der Waals surface area contributed by atoms with Crippen molar-refractivity contribution < 1.29 is 9.53 Å². The molecule has 0 radical (unpaired) electrons. The average molecular weight is 348 g/mol. The van der Waals surface area contributed by atoms with Gasteiger partial charge >= 0.3 is 0 Å². The Morgan fingerprint density at radius 3 is 2.67 bits per heavy atom. The summed E-state index contributed by atoms with van der Waals surface area (Å²) >= 11 is 3.40. The highest BCUT2D eigenvalue weighted by Crippen LogP contribution is 2.16. The number of halogens is 1. The van der Waals surface area contributed by atoms with E-state index in [9.17, 15) is 4.79 Å². The molecule has 1 N–H and O–H groups in total. The van der Waals surface area contributed by atoms with Gasteiger partial charge in [-0.25, -0.2) is 0 Å². The molecule has 0 saturated heterocycles. The lowest BCUT2D eigenvalue weighted by molar-refractivity contribution is 0.0953. The molecule has 0 unspecified atom stereocenters. The van der Waals surface area contributed by atoms with Crippen LogP contribution in [0.25, 0.3) is 0 Å². The van der Waals surface area contributed by atoms with Gasteiger partial charge in [0.15, 0.2) is 0 Å². The molecule has 21 heavy (non-hydrogen) atoms. The van der Waals surface area contributed by atoms with Crippen LogP contribution in [0.5, 0.6) is 5.75 Å². The summed E-state index contributed by atoms with van der Waals surface area (Å²) in [6, 6.07) is 15.2. The number of hydrogen-bond donors (Lipinski definition) is 1. The molecule has 0 aromatic heterocycles. The SMILES string of the molecule is CCCNC(=O)c1cccc(OCc2ccc(Br)cc2)c1. The van der Waals surface area contributed by atoms with Crippen molar-refractivity contribution in [1.29, 1.82) is 0 Å². The number of hydrogen-bond acceptors (Lipinski definition) is 2. The molecular weight excluding hydrogens is 330 g/mol. The first kappa shape index (κ1) is 15.6. The maximum absolute atomic E-state index is 11.9. The zero-order valence-electron chi connectivity index (χ0n) is 11.9. The summed E-state index contributed by atoms with van der Waals surface area (Å²) in [6.45, 7) is 3.19. The van der Waals surface area contributed by atoms with Gasteiger partial charge in [0.05, 0.1) is 0 Å². The van der Waals surface area contributed by atoms with Crippen LogP contribution in [0.2, 0.25) is 0 Å². The van der Waals surface area contributed by atoms with Crippen LogP contribution in [-0.2, 0) is 6.61 Å². The van der Waals surface area contributed by atoms with Crippen molar-refractivity contribution in [2.75, 3.05) is 6.54 Å². The minimum absolute atomic E-state index is 0.0639. The Labute approximate surface area is 133 Å². The van der Waals surface area contributed by atoms with Gasteiger partial charge in [-0.1, -0.05) is 41.1 Å². The molecule has 1 amide bonds. The van der Waals surface area contributed by atoms with Gasteiger partial charge in [0.2, 0.25) is 0 Å². The van der Waals surface area contributed by atoms with E-state index in [4.69, 9.17) is 4.74 Å². The molecule has 3 nitrogen and oxygen atoms in total. The first-order valence-electron chi connectivity index (χ1n) is 6.94. The van der Waals surface area contributed by atoms with Gasteiger partial charge in [-0.3, -0.25) is 4.79 Å². The topological polar surface area (TPSA) is 38.3 Å². The highest BCUT2D eigenvalue weighted by molar-refractivity contribution is 9.10. The van der Waals surface area contributed by atoms with Crippen molar-refractivity contribution >= 4 is 21.8 Å². The van der Waals surface area contributed by atoms with Crippen molar-refractivity contribution in [3.8, 4) is 5.75 Å². The Morgan fingerprint density at radius 1 is 1.19 bits per heavy atom. The monoisotopic (exact) mass is 347 g/mol. The zero-order valence-corrected chi connectivity index (χ0v) is 13.5. The molecule has 0 fully saturated rings. The van der Waals surface area contributed by atoms with Crippen LogP contribution in [-0.4, -0.2) is 12.5 Å². The third kappa shape index (κ3) is 4.90. The molecule has 0 saturated carbocycles. The Bertz CT molecular complexity index is 596. The lowest BCUT2D eigenvalue weighted by atomic mass is 10.2. The van der Waals surface area contributed by atoms with E-state index in [2.05, 4.69) is 21.2 Å². The smallest absolute Gasteiger partial charge is 0.251 e. The maximum atomic E-state index is 11.9. The second-order valence-electron chi connectivity index (χ2n) is 4.70. The lowest BCUT2D eigenvalue weighted by Crippen LogP contribution is -2.23. The fraction of sp³-hybridized carbons (Fsp3) is 0.235. The molecular formula is C17H18BrNO2. The molecule has 110 valence electrons. The Morgan fingerprint density at radius 2 is 1.95 bits per heavy atom. The second-order valence-corrected chi connectivity index (χ2v) is 5.61. The van der Waals surface area contributed by atoms with Crippen LogP contribution in [0, 0.1) is 0 Å². The van der Waals surface area contributed by atoms with Crippen LogP contribution >= 0.6 is 15.9 Å². The summed E-state index contributed by atoms with van der Waals surface area (Å²) in [4.78, 5) is 11.9. The Hall–Kier alpha value is -1.81. The normalized spacial score (nSPS) is 10.2. The molecule has 0 aliphatic carbocycles. The number of amides is 1. The number of ether oxygens (including phenoxy) is 1. The standard InChI is InChI=1S/C17H18BrNO2/c1-2-10-19-17(20)14-4-3-5-16(11-14)21-12-13-6-8-15(18)9-7-13/h3-9,11H,2,10,12H2,1H3,(H,19,20). The van der Waals surface area contributed by atoms with Crippen LogP contribution < -0.4 is 10.1 Å². The van der Waals surface area contributed by atoms with E-state index in [0.717, 1.165) is 16.5 Å². The maximum Gasteiger partial charge on any atom is 0.251 e. The number of benzene rings is 2. The minimum Gasteiger partial charge on any atom is -0.489 e. The van der Waals surface area contributed by atoms with Crippen molar-refractivity contribution in [2.24, 2.45) is 0 Å². The quantitative estimate of drug-likeness (QED) is 0.851. The van der Waals surface area contributed by atoms with E-state index in [0.29, 0.717) is 24.5 Å². The number of rotatable bonds is 6. The molecule has 0 spiro atoms. The summed E-state index contributed by atoms with van der Waals surface area (Å²) in [5.41, 5.74) is 1.70. The van der Waals surface area contributed by atoms with Gasteiger partial charge in [0.1, 0.15) is 12.4 Å². The summed E-state index contributed by atoms with van der Waals surface area (Å²) < 4.78 is 6.77. The van der Waals surface area contributed by atoms with E-state index in [1.165, 1.54) is 0 Å². The third-order valence-corrected chi connectivity index (χ3v) is 3.48. The summed E-state index contributed by atoms with van der Waals surface area (Å²) in [7, 11) is 0. The third-order valence-electron chi connectivity index (χ3n) is 2.95. The van der Waals surface area contributed by atoms with E-state index in [1.807, 2.05) is 43.3 Å². The van der Waals surface area contributed by atoms with E-state index < -0.39 is 0 Å². The predicted octanol–water partition coefficient (Wildman–Crippen LogP) is 4.17. The van der Waals surface area contributed by atoms with Gasteiger partial charge in [0, 0.05) is 16.6 Å². The van der Waals surface area contributed by atoms with Gasteiger partial charge in [-0.2, -0.15) is 0 Å². The molecule has 2 aromatic carbocycles. The van der Waals surface area contributed by atoms with Crippen LogP contribution in [0.4, 0.5) is 0 Å². The molecule has 2 aromatic rings. The molecule has 4 heteroatoms. The molecule has 0 bridgehead atoms. The molecule has 0 atom stereocenters. The lowest BCUT2D eigenvalue weighted by Gasteiger charge is -2.08. The summed E-state index contributed by atoms with van der Waals surface area (Å²) in [6.07, 6.45) is 0.922. The fourth-order valence-electron chi connectivity index (χ4n) is 1.82. The number of carbonyl (C=O) groups is 1. The zero-order chi connectivity index (χ0) is 15.1. The van der Waals surface area contributed by atoms with Crippen LogP contribution in [0.15, 0.2) is 53.0 Å². The molecule has 0 aliphatic rings. The van der Waals surface area contributed by atoms with Gasteiger partial charge in [0.25, 0.3) is 5.91 Å². The Balaban J connectivity index is 1.97.